The highest BCUT2D eigenvalue weighted by molar-refractivity contribution is 6.30. The molecule has 1 heterocycles. The Bertz CT molecular complexity index is 944. The van der Waals surface area contributed by atoms with Crippen LogP contribution in [0.3, 0.4) is 0 Å². The number of nitrogens with zero attached hydrogens (tertiary/aromatic N) is 1. The summed E-state index contributed by atoms with van der Waals surface area (Å²) in [6.07, 6.45) is 6.20. The largest absolute Gasteiger partial charge is 0.453 e. The van der Waals surface area contributed by atoms with Gasteiger partial charge < -0.3 is 10.1 Å². The van der Waals surface area contributed by atoms with E-state index in [4.69, 9.17) is 16.3 Å². The number of nitrogens with one attached hydrogen (secondary N) is 1. The van der Waals surface area contributed by atoms with Crippen molar-refractivity contribution in [3.05, 3.63) is 95.0 Å². The molecule has 2 aromatic carbocycles. The highest BCUT2D eigenvalue weighted by atomic mass is 35.5. The first-order valence-electron chi connectivity index (χ1n) is 8.18. The first-order chi connectivity index (χ1) is 13.1. The molecule has 1 amide bonds. The van der Waals surface area contributed by atoms with Crippen molar-refractivity contribution in [3.8, 4) is 11.5 Å². The molecule has 0 saturated carbocycles. The number of ether oxygens (including phenoxy) is 1. The second-order valence-corrected chi connectivity index (χ2v) is 6.09. The Morgan fingerprint density at radius 1 is 1.19 bits per heavy atom. The van der Waals surface area contributed by atoms with E-state index in [2.05, 4.69) is 10.3 Å². The standard InChI is InChI=1S/C21H16ClFN2O2/c22-17-7-3-15(4-8-17)6-10-21(26)25-13-16-5-9-20(19(23)12-16)27-18-2-1-11-24-14-18/h1-12,14H,13H2,(H,25,26). The van der Waals surface area contributed by atoms with Gasteiger partial charge in [0.25, 0.3) is 0 Å². The lowest BCUT2D eigenvalue weighted by Gasteiger charge is -2.08. The minimum absolute atomic E-state index is 0.0979. The molecule has 136 valence electrons. The minimum atomic E-state index is -0.512. The molecule has 27 heavy (non-hydrogen) atoms. The molecular formula is C21H16ClFN2O2. The topological polar surface area (TPSA) is 51.2 Å². The number of rotatable bonds is 6. The fourth-order valence-electron chi connectivity index (χ4n) is 2.27. The lowest BCUT2D eigenvalue weighted by molar-refractivity contribution is -0.116. The maximum Gasteiger partial charge on any atom is 0.244 e. The average molecular weight is 383 g/mol. The van der Waals surface area contributed by atoms with Crippen molar-refractivity contribution < 1.29 is 13.9 Å². The number of benzene rings is 2. The fraction of sp³-hybridized carbons (Fsp3) is 0.0476. The van der Waals surface area contributed by atoms with Crippen LogP contribution in [0.5, 0.6) is 11.5 Å². The van der Waals surface area contributed by atoms with Crippen molar-refractivity contribution in [1.29, 1.82) is 0 Å². The predicted molar refractivity (Wildman–Crippen MR) is 103 cm³/mol. The average Bonchev–Trinajstić information content (AvgIpc) is 2.68. The third kappa shape index (κ3) is 5.66. The number of hydrogen-bond acceptors (Lipinski definition) is 3. The molecule has 0 fully saturated rings. The summed E-state index contributed by atoms with van der Waals surface area (Å²) in [4.78, 5) is 15.8. The number of amides is 1. The van der Waals surface area contributed by atoms with Crippen LogP contribution in [-0.2, 0) is 11.3 Å². The van der Waals surface area contributed by atoms with Crippen LogP contribution >= 0.6 is 11.6 Å². The van der Waals surface area contributed by atoms with Gasteiger partial charge in [-0.3, -0.25) is 9.78 Å². The highest BCUT2D eigenvalue weighted by Crippen LogP contribution is 2.24. The number of hydrogen-bond donors (Lipinski definition) is 1. The second-order valence-electron chi connectivity index (χ2n) is 5.66. The zero-order valence-electron chi connectivity index (χ0n) is 14.2. The Hall–Kier alpha value is -3.18. The van der Waals surface area contributed by atoms with Crippen LogP contribution in [0.1, 0.15) is 11.1 Å². The van der Waals surface area contributed by atoms with Crippen molar-refractivity contribution in [1.82, 2.24) is 10.3 Å². The van der Waals surface area contributed by atoms with Crippen molar-refractivity contribution in [3.63, 3.8) is 0 Å². The van der Waals surface area contributed by atoms with Gasteiger partial charge in [-0.25, -0.2) is 4.39 Å². The van der Waals surface area contributed by atoms with Crippen molar-refractivity contribution >= 4 is 23.6 Å². The Morgan fingerprint density at radius 2 is 2.00 bits per heavy atom. The molecule has 0 unspecified atom stereocenters. The van der Waals surface area contributed by atoms with E-state index >= 15 is 0 Å². The third-order valence-corrected chi connectivity index (χ3v) is 3.87. The summed E-state index contributed by atoms with van der Waals surface area (Å²) in [5.41, 5.74) is 1.48. The SMILES string of the molecule is O=C(C=Cc1ccc(Cl)cc1)NCc1ccc(Oc2cccnc2)c(F)c1. The summed E-state index contributed by atoms with van der Waals surface area (Å²) in [5, 5.41) is 3.34. The zero-order valence-corrected chi connectivity index (χ0v) is 15.0. The van der Waals surface area contributed by atoms with Gasteiger partial charge in [0.05, 0.1) is 6.20 Å². The van der Waals surface area contributed by atoms with E-state index in [1.54, 1.807) is 42.6 Å². The maximum absolute atomic E-state index is 14.2. The fourth-order valence-corrected chi connectivity index (χ4v) is 2.39. The minimum Gasteiger partial charge on any atom is -0.453 e. The number of carbonyl (C=O) groups excluding carboxylic acids is 1. The number of pyridine rings is 1. The van der Waals surface area contributed by atoms with E-state index < -0.39 is 5.82 Å². The first kappa shape index (κ1) is 18.6. The molecule has 0 spiro atoms. The van der Waals surface area contributed by atoms with Gasteiger partial charge in [-0.05, 0) is 53.6 Å². The molecular weight excluding hydrogens is 367 g/mol. The number of aromatic nitrogens is 1. The van der Waals surface area contributed by atoms with E-state index in [-0.39, 0.29) is 18.2 Å². The molecule has 0 bridgehead atoms. The summed E-state index contributed by atoms with van der Waals surface area (Å²) in [6, 6.07) is 15.0. The lowest BCUT2D eigenvalue weighted by atomic mass is 10.2. The molecule has 3 rings (SSSR count). The summed E-state index contributed by atoms with van der Waals surface area (Å²) in [6.45, 7) is 0.202. The zero-order chi connectivity index (χ0) is 19.1. The molecule has 0 radical (unpaired) electrons. The van der Waals surface area contributed by atoms with Gasteiger partial charge in [0.2, 0.25) is 5.91 Å². The van der Waals surface area contributed by atoms with Crippen LogP contribution in [0, 0.1) is 5.82 Å². The predicted octanol–water partition coefficient (Wildman–Crippen LogP) is 5.00. The van der Waals surface area contributed by atoms with Crippen LogP contribution in [0.25, 0.3) is 6.08 Å². The third-order valence-electron chi connectivity index (χ3n) is 3.62. The number of carbonyl (C=O) groups is 1. The van der Waals surface area contributed by atoms with Gasteiger partial charge in [0, 0.05) is 23.8 Å². The number of halogens is 2. The van der Waals surface area contributed by atoms with Crippen LogP contribution in [-0.4, -0.2) is 10.9 Å². The molecule has 0 aliphatic carbocycles. The van der Waals surface area contributed by atoms with Crippen LogP contribution in [0.4, 0.5) is 4.39 Å². The van der Waals surface area contributed by atoms with E-state index in [9.17, 15) is 9.18 Å². The molecule has 1 N–H and O–H groups in total. The van der Waals surface area contributed by atoms with Gasteiger partial charge >= 0.3 is 0 Å². The molecule has 6 heteroatoms. The van der Waals surface area contributed by atoms with Gasteiger partial charge in [-0.15, -0.1) is 0 Å². The Balaban J connectivity index is 1.55. The van der Waals surface area contributed by atoms with Gasteiger partial charge in [0.1, 0.15) is 5.75 Å². The van der Waals surface area contributed by atoms with Crippen molar-refractivity contribution in [2.45, 2.75) is 6.54 Å². The van der Waals surface area contributed by atoms with Crippen molar-refractivity contribution in [2.75, 3.05) is 0 Å². The van der Waals surface area contributed by atoms with E-state index in [1.165, 1.54) is 24.4 Å². The molecule has 1 aromatic heterocycles. The second kappa shape index (κ2) is 8.96. The molecule has 0 atom stereocenters. The van der Waals surface area contributed by atoms with E-state index in [0.717, 1.165) is 5.56 Å². The van der Waals surface area contributed by atoms with Crippen LogP contribution in [0.2, 0.25) is 5.02 Å². The Kier molecular flexibility index (Phi) is 6.18. The quantitative estimate of drug-likeness (QED) is 0.610. The van der Waals surface area contributed by atoms with Gasteiger partial charge in [-0.1, -0.05) is 29.8 Å². The molecule has 0 saturated heterocycles. The summed E-state index contributed by atoms with van der Waals surface area (Å²) >= 11 is 5.82. The molecule has 0 aliphatic rings. The van der Waals surface area contributed by atoms with Gasteiger partial charge in [0.15, 0.2) is 11.6 Å². The van der Waals surface area contributed by atoms with E-state index in [0.29, 0.717) is 16.3 Å². The summed E-state index contributed by atoms with van der Waals surface area (Å²) in [7, 11) is 0. The van der Waals surface area contributed by atoms with Crippen LogP contribution in [0.15, 0.2) is 73.1 Å². The lowest BCUT2D eigenvalue weighted by Crippen LogP contribution is -2.20. The first-order valence-corrected chi connectivity index (χ1v) is 8.56. The normalized spacial score (nSPS) is 10.7. The summed E-state index contributed by atoms with van der Waals surface area (Å²) < 4.78 is 19.6. The van der Waals surface area contributed by atoms with Gasteiger partial charge in [-0.2, -0.15) is 0 Å². The van der Waals surface area contributed by atoms with E-state index in [1.807, 2.05) is 12.1 Å². The van der Waals surface area contributed by atoms with Crippen LogP contribution < -0.4 is 10.1 Å². The summed E-state index contributed by atoms with van der Waals surface area (Å²) in [5.74, 6) is -0.242. The molecule has 3 aromatic rings. The highest BCUT2D eigenvalue weighted by Gasteiger charge is 2.07. The molecule has 0 aliphatic heterocycles. The Labute approximate surface area is 161 Å². The monoisotopic (exact) mass is 382 g/mol. The maximum atomic E-state index is 14.2. The Morgan fingerprint density at radius 3 is 2.70 bits per heavy atom. The molecule has 4 nitrogen and oxygen atoms in total. The van der Waals surface area contributed by atoms with Crippen molar-refractivity contribution in [2.24, 2.45) is 0 Å². The smallest absolute Gasteiger partial charge is 0.244 e.